The van der Waals surface area contributed by atoms with Crippen LogP contribution in [0.3, 0.4) is 0 Å². The summed E-state index contributed by atoms with van der Waals surface area (Å²) in [6.07, 6.45) is 2.23. The van der Waals surface area contributed by atoms with Gasteiger partial charge in [0.2, 0.25) is 11.8 Å². The lowest BCUT2D eigenvalue weighted by Gasteiger charge is -2.23. The number of aromatic nitrogens is 2. The average molecular weight is 493 g/mol. The van der Waals surface area contributed by atoms with E-state index < -0.39 is 17.5 Å². The number of hydrogen-bond acceptors (Lipinski definition) is 7. The number of rotatable bonds is 7. The molecule has 0 spiro atoms. The van der Waals surface area contributed by atoms with E-state index in [-0.39, 0.29) is 36.5 Å². The molecule has 1 aliphatic rings. The fourth-order valence-electron chi connectivity index (χ4n) is 3.97. The molecule has 1 unspecified atom stereocenters. The number of carbonyl (C=O) groups excluding carboxylic acids is 2. The molecule has 0 bridgehead atoms. The smallest absolute Gasteiger partial charge is 0.325 e. The van der Waals surface area contributed by atoms with Crippen molar-refractivity contribution in [3.05, 3.63) is 77.2 Å². The molecule has 1 aromatic heterocycles. The van der Waals surface area contributed by atoms with Gasteiger partial charge in [-0.1, -0.05) is 30.3 Å². The predicted molar refractivity (Wildman–Crippen MR) is 133 cm³/mol. The van der Waals surface area contributed by atoms with Gasteiger partial charge in [-0.3, -0.25) is 9.59 Å². The standard InChI is InChI=1S/C27H29FN4O4/c1-17-13-19-7-5-6-8-22(19)32(17)26-30-14-21(24(34)29-15-23(33)36-27(2,3)4)25(31-26)35-16-18-9-11-20(28)12-10-18/h5-12,14,17H,13,15-16H2,1-4H3,(H,29,34). The van der Waals surface area contributed by atoms with Gasteiger partial charge >= 0.3 is 5.97 Å². The van der Waals surface area contributed by atoms with Gasteiger partial charge in [-0.15, -0.1) is 0 Å². The van der Waals surface area contributed by atoms with Gasteiger partial charge in [0, 0.05) is 17.9 Å². The van der Waals surface area contributed by atoms with Crippen LogP contribution >= 0.6 is 0 Å². The topological polar surface area (TPSA) is 93.7 Å². The molecule has 0 aliphatic carbocycles. The first kappa shape index (κ1) is 25.1. The molecule has 0 fully saturated rings. The third kappa shape index (κ3) is 5.97. The van der Waals surface area contributed by atoms with E-state index in [9.17, 15) is 14.0 Å². The molecule has 9 heteroatoms. The number of ether oxygens (including phenoxy) is 2. The summed E-state index contributed by atoms with van der Waals surface area (Å²) < 4.78 is 24.5. The number of hydrogen-bond donors (Lipinski definition) is 1. The van der Waals surface area contributed by atoms with E-state index in [2.05, 4.69) is 28.3 Å². The maximum atomic E-state index is 13.3. The highest BCUT2D eigenvalue weighted by atomic mass is 19.1. The van der Waals surface area contributed by atoms with Crippen LogP contribution in [0.4, 0.5) is 16.0 Å². The van der Waals surface area contributed by atoms with E-state index in [1.54, 1.807) is 32.9 Å². The van der Waals surface area contributed by atoms with Crippen molar-refractivity contribution >= 4 is 23.5 Å². The van der Waals surface area contributed by atoms with E-state index in [0.717, 1.165) is 12.1 Å². The van der Waals surface area contributed by atoms with Crippen LogP contribution in [0, 0.1) is 5.82 Å². The Morgan fingerprint density at radius 2 is 1.86 bits per heavy atom. The van der Waals surface area contributed by atoms with E-state index >= 15 is 0 Å². The molecular formula is C27H29FN4O4. The number of para-hydroxylation sites is 1. The second-order valence-corrected chi connectivity index (χ2v) is 9.62. The Labute approximate surface area is 209 Å². The molecule has 1 amide bonds. The van der Waals surface area contributed by atoms with Gasteiger partial charge in [-0.05, 0) is 63.4 Å². The summed E-state index contributed by atoms with van der Waals surface area (Å²) in [5.41, 5.74) is 2.29. The lowest BCUT2D eigenvalue weighted by molar-refractivity contribution is -0.153. The molecule has 0 saturated heterocycles. The Balaban J connectivity index is 1.59. The lowest BCUT2D eigenvalue weighted by Crippen LogP contribution is -2.35. The third-order valence-corrected chi connectivity index (χ3v) is 5.51. The lowest BCUT2D eigenvalue weighted by atomic mass is 10.1. The van der Waals surface area contributed by atoms with Gasteiger partial charge < -0.3 is 19.7 Å². The summed E-state index contributed by atoms with van der Waals surface area (Å²) in [5.74, 6) is -1.04. The second-order valence-electron chi connectivity index (χ2n) is 9.62. The van der Waals surface area contributed by atoms with Crippen molar-refractivity contribution in [2.75, 3.05) is 11.4 Å². The van der Waals surface area contributed by atoms with Gasteiger partial charge in [-0.2, -0.15) is 4.98 Å². The Morgan fingerprint density at radius 3 is 2.58 bits per heavy atom. The van der Waals surface area contributed by atoms with Gasteiger partial charge in [-0.25, -0.2) is 9.37 Å². The Hall–Kier alpha value is -4.01. The average Bonchev–Trinajstić information content (AvgIpc) is 3.16. The van der Waals surface area contributed by atoms with E-state index in [1.165, 1.54) is 23.9 Å². The number of fused-ring (bicyclic) bond motifs is 1. The van der Waals surface area contributed by atoms with E-state index in [0.29, 0.717) is 11.5 Å². The largest absolute Gasteiger partial charge is 0.472 e. The van der Waals surface area contributed by atoms with E-state index in [1.807, 2.05) is 23.1 Å². The predicted octanol–water partition coefficient (Wildman–Crippen LogP) is 4.35. The summed E-state index contributed by atoms with van der Waals surface area (Å²) >= 11 is 0. The summed E-state index contributed by atoms with van der Waals surface area (Å²) in [5, 5.41) is 2.54. The molecule has 1 atom stereocenters. The Morgan fingerprint density at radius 1 is 1.14 bits per heavy atom. The van der Waals surface area contributed by atoms with Crippen LogP contribution in [0.15, 0.2) is 54.7 Å². The Bertz CT molecular complexity index is 1260. The number of anilines is 2. The first-order chi connectivity index (χ1) is 17.1. The molecule has 0 radical (unpaired) electrons. The van der Waals surface area contributed by atoms with Crippen molar-refractivity contribution in [3.63, 3.8) is 0 Å². The minimum absolute atomic E-state index is 0.0580. The zero-order valence-corrected chi connectivity index (χ0v) is 20.7. The van der Waals surface area contributed by atoms with Gasteiger partial charge in [0.05, 0.1) is 0 Å². The van der Waals surface area contributed by atoms with E-state index in [4.69, 9.17) is 9.47 Å². The number of carbonyl (C=O) groups is 2. The maximum absolute atomic E-state index is 13.3. The van der Waals surface area contributed by atoms with Crippen LogP contribution in [-0.4, -0.2) is 40.0 Å². The molecular weight excluding hydrogens is 463 g/mol. The zero-order chi connectivity index (χ0) is 25.9. The highest BCUT2D eigenvalue weighted by Gasteiger charge is 2.30. The number of nitrogens with one attached hydrogen (secondary N) is 1. The highest BCUT2D eigenvalue weighted by molar-refractivity contribution is 5.97. The minimum Gasteiger partial charge on any atom is -0.472 e. The summed E-state index contributed by atoms with van der Waals surface area (Å²) in [7, 11) is 0. The Kier molecular flexibility index (Phi) is 7.19. The van der Waals surface area contributed by atoms with Crippen molar-refractivity contribution in [2.45, 2.75) is 52.4 Å². The van der Waals surface area contributed by atoms with Crippen molar-refractivity contribution in [1.82, 2.24) is 15.3 Å². The SMILES string of the molecule is CC1Cc2ccccc2N1c1ncc(C(=O)NCC(=O)OC(C)(C)C)c(OCc2ccc(F)cc2)n1. The number of amides is 1. The highest BCUT2D eigenvalue weighted by Crippen LogP contribution is 2.37. The maximum Gasteiger partial charge on any atom is 0.325 e. The fourth-order valence-corrected chi connectivity index (χ4v) is 3.97. The summed E-state index contributed by atoms with van der Waals surface area (Å²) in [6.45, 7) is 7.07. The minimum atomic E-state index is -0.668. The van der Waals surface area contributed by atoms with Crippen molar-refractivity contribution < 1.29 is 23.5 Å². The summed E-state index contributed by atoms with van der Waals surface area (Å²) in [6, 6.07) is 14.0. The van der Waals surface area contributed by atoms with Crippen LogP contribution in [-0.2, 0) is 22.6 Å². The first-order valence-electron chi connectivity index (χ1n) is 11.7. The molecule has 8 nitrogen and oxygen atoms in total. The van der Waals surface area contributed by atoms with Crippen LogP contribution in [0.25, 0.3) is 0 Å². The molecule has 188 valence electrons. The van der Waals surface area contributed by atoms with Crippen LogP contribution in [0.1, 0.15) is 49.2 Å². The monoisotopic (exact) mass is 492 g/mol. The number of halogens is 1. The molecule has 0 saturated carbocycles. The molecule has 4 rings (SSSR count). The van der Waals surface area contributed by atoms with Gasteiger partial charge in [0.25, 0.3) is 5.91 Å². The number of nitrogens with zero attached hydrogens (tertiary/aromatic N) is 3. The van der Waals surface area contributed by atoms with Gasteiger partial charge in [0.15, 0.2) is 0 Å². The van der Waals surface area contributed by atoms with Gasteiger partial charge in [0.1, 0.15) is 30.1 Å². The fraction of sp³-hybridized carbons (Fsp3) is 0.333. The van der Waals surface area contributed by atoms with Crippen molar-refractivity contribution in [3.8, 4) is 5.88 Å². The molecule has 36 heavy (non-hydrogen) atoms. The second kappa shape index (κ2) is 10.3. The zero-order valence-electron chi connectivity index (χ0n) is 20.7. The quantitative estimate of drug-likeness (QED) is 0.490. The normalized spacial score (nSPS) is 14.8. The van der Waals surface area contributed by atoms with Crippen LogP contribution in [0.2, 0.25) is 0 Å². The molecule has 1 N–H and O–H groups in total. The third-order valence-electron chi connectivity index (χ3n) is 5.51. The molecule has 2 heterocycles. The van der Waals surface area contributed by atoms with Crippen LogP contribution < -0.4 is 15.0 Å². The molecule has 1 aliphatic heterocycles. The molecule has 3 aromatic rings. The first-order valence-corrected chi connectivity index (χ1v) is 11.7. The van der Waals surface area contributed by atoms with Crippen molar-refractivity contribution in [2.24, 2.45) is 0 Å². The number of esters is 1. The number of benzene rings is 2. The van der Waals surface area contributed by atoms with Crippen LogP contribution in [0.5, 0.6) is 5.88 Å². The molecule has 2 aromatic carbocycles. The van der Waals surface area contributed by atoms with Crippen molar-refractivity contribution in [1.29, 1.82) is 0 Å². The summed E-state index contributed by atoms with van der Waals surface area (Å²) in [4.78, 5) is 36.0.